The first kappa shape index (κ1) is 6.85. The molecule has 1 aromatic heterocycles. The minimum Gasteiger partial charge on any atom is -0.278 e. The van der Waals surface area contributed by atoms with Crippen LogP contribution in [0.4, 0.5) is 0 Å². The molecule has 0 bridgehead atoms. The van der Waals surface area contributed by atoms with Gasteiger partial charge in [0.05, 0.1) is 0 Å². The second-order valence-corrected chi connectivity index (χ2v) is 3.41. The lowest BCUT2D eigenvalue weighted by molar-refractivity contribution is 1.04. The molecule has 1 unspecified atom stereocenters. The molecule has 56 valence electrons. The zero-order valence-electron chi connectivity index (χ0n) is 5.97. The van der Waals surface area contributed by atoms with Crippen molar-refractivity contribution in [3.63, 3.8) is 0 Å². The number of aliphatic imine (C=N–C) groups is 1. The maximum absolute atomic E-state index is 4.32. The average Bonchev–Trinajstić information content (AvgIpc) is 2.58. The molecule has 0 saturated carbocycles. The van der Waals surface area contributed by atoms with Gasteiger partial charge in [0.1, 0.15) is 5.37 Å². The SMILES string of the molecule is C1=NC(c2ccncc2)SC1. The van der Waals surface area contributed by atoms with Crippen LogP contribution in [0.2, 0.25) is 0 Å². The number of rotatable bonds is 1. The van der Waals surface area contributed by atoms with Crippen molar-refractivity contribution in [3.05, 3.63) is 30.1 Å². The quantitative estimate of drug-likeness (QED) is 0.633. The van der Waals surface area contributed by atoms with Crippen LogP contribution in [0.25, 0.3) is 0 Å². The minimum atomic E-state index is 0.318. The van der Waals surface area contributed by atoms with Crippen molar-refractivity contribution < 1.29 is 0 Å². The second-order valence-electron chi connectivity index (χ2n) is 2.30. The summed E-state index contributed by atoms with van der Waals surface area (Å²) in [6.45, 7) is 0. The monoisotopic (exact) mass is 164 g/mol. The highest BCUT2D eigenvalue weighted by molar-refractivity contribution is 8.00. The molecule has 0 spiro atoms. The number of hydrogen-bond acceptors (Lipinski definition) is 3. The van der Waals surface area contributed by atoms with E-state index in [0.717, 1.165) is 5.75 Å². The summed E-state index contributed by atoms with van der Waals surface area (Å²) in [6.07, 6.45) is 5.59. The lowest BCUT2D eigenvalue weighted by atomic mass is 10.3. The third kappa shape index (κ3) is 1.43. The van der Waals surface area contributed by atoms with Gasteiger partial charge in [0.25, 0.3) is 0 Å². The molecule has 3 heteroatoms. The van der Waals surface area contributed by atoms with Crippen molar-refractivity contribution >= 4 is 18.0 Å². The molecule has 2 heterocycles. The van der Waals surface area contributed by atoms with Crippen LogP contribution in [0, 0.1) is 0 Å². The average molecular weight is 164 g/mol. The summed E-state index contributed by atoms with van der Waals surface area (Å²) in [5.41, 5.74) is 1.25. The van der Waals surface area contributed by atoms with Crippen LogP contribution in [0.1, 0.15) is 10.9 Å². The molecular formula is C8H8N2S. The first-order chi connectivity index (χ1) is 5.47. The Kier molecular flexibility index (Phi) is 1.90. The van der Waals surface area contributed by atoms with Gasteiger partial charge < -0.3 is 0 Å². The Balaban J connectivity index is 2.23. The van der Waals surface area contributed by atoms with Gasteiger partial charge >= 0.3 is 0 Å². The van der Waals surface area contributed by atoms with Crippen molar-refractivity contribution in [3.8, 4) is 0 Å². The summed E-state index contributed by atoms with van der Waals surface area (Å²) in [7, 11) is 0. The van der Waals surface area contributed by atoms with Crippen LogP contribution in [-0.4, -0.2) is 17.0 Å². The van der Waals surface area contributed by atoms with E-state index < -0.39 is 0 Å². The molecule has 0 fully saturated rings. The highest BCUT2D eigenvalue weighted by Gasteiger charge is 2.12. The summed E-state index contributed by atoms with van der Waals surface area (Å²) < 4.78 is 0. The normalized spacial score (nSPS) is 22.4. The lowest BCUT2D eigenvalue weighted by Gasteiger charge is -2.04. The van der Waals surface area contributed by atoms with Gasteiger partial charge in [-0.2, -0.15) is 0 Å². The molecule has 1 aliphatic rings. The Hall–Kier alpha value is -0.830. The van der Waals surface area contributed by atoms with Gasteiger partial charge in [0, 0.05) is 24.4 Å². The molecular weight excluding hydrogens is 156 g/mol. The van der Waals surface area contributed by atoms with E-state index in [1.165, 1.54) is 5.56 Å². The van der Waals surface area contributed by atoms with E-state index in [9.17, 15) is 0 Å². The molecule has 2 nitrogen and oxygen atoms in total. The van der Waals surface area contributed by atoms with Gasteiger partial charge in [-0.3, -0.25) is 9.98 Å². The van der Waals surface area contributed by atoms with Crippen LogP contribution in [0.5, 0.6) is 0 Å². The van der Waals surface area contributed by atoms with E-state index in [2.05, 4.69) is 9.98 Å². The fraction of sp³-hybridized carbons (Fsp3) is 0.250. The number of nitrogens with zero attached hydrogens (tertiary/aromatic N) is 2. The Morgan fingerprint density at radius 2 is 2.18 bits per heavy atom. The molecule has 11 heavy (non-hydrogen) atoms. The molecule has 1 atom stereocenters. The van der Waals surface area contributed by atoms with E-state index in [-0.39, 0.29) is 0 Å². The zero-order valence-corrected chi connectivity index (χ0v) is 6.79. The summed E-state index contributed by atoms with van der Waals surface area (Å²) in [5, 5.41) is 0.318. The maximum atomic E-state index is 4.32. The molecule has 0 saturated heterocycles. The van der Waals surface area contributed by atoms with Crippen LogP contribution in [0.3, 0.4) is 0 Å². The summed E-state index contributed by atoms with van der Waals surface area (Å²) >= 11 is 1.85. The molecule has 0 aliphatic carbocycles. The van der Waals surface area contributed by atoms with Gasteiger partial charge in [0.15, 0.2) is 0 Å². The Labute approximate surface area is 69.8 Å². The minimum absolute atomic E-state index is 0.318. The Morgan fingerprint density at radius 3 is 2.82 bits per heavy atom. The van der Waals surface area contributed by atoms with Gasteiger partial charge in [-0.05, 0) is 17.7 Å². The summed E-state index contributed by atoms with van der Waals surface area (Å²) in [4.78, 5) is 8.27. The third-order valence-electron chi connectivity index (χ3n) is 1.56. The van der Waals surface area contributed by atoms with Gasteiger partial charge in [-0.1, -0.05) is 0 Å². The lowest BCUT2D eigenvalue weighted by Crippen LogP contribution is -1.85. The van der Waals surface area contributed by atoms with E-state index >= 15 is 0 Å². The molecule has 0 radical (unpaired) electrons. The van der Waals surface area contributed by atoms with Crippen LogP contribution < -0.4 is 0 Å². The number of hydrogen-bond donors (Lipinski definition) is 0. The standard InChI is InChI=1S/C8H8N2S/c1-3-9-4-2-7(1)8-10-5-6-11-8/h1-5,8H,6H2. The first-order valence-electron chi connectivity index (χ1n) is 3.50. The van der Waals surface area contributed by atoms with E-state index in [4.69, 9.17) is 0 Å². The molecule has 0 aromatic carbocycles. The largest absolute Gasteiger partial charge is 0.278 e. The highest BCUT2D eigenvalue weighted by atomic mass is 32.2. The fourth-order valence-corrected chi connectivity index (χ4v) is 1.90. The molecule has 2 rings (SSSR count). The van der Waals surface area contributed by atoms with Crippen molar-refractivity contribution in [1.82, 2.24) is 4.98 Å². The van der Waals surface area contributed by atoms with Crippen molar-refractivity contribution in [2.75, 3.05) is 5.75 Å². The zero-order chi connectivity index (χ0) is 7.52. The third-order valence-corrected chi connectivity index (χ3v) is 2.61. The number of aromatic nitrogens is 1. The highest BCUT2D eigenvalue weighted by Crippen LogP contribution is 2.32. The predicted octanol–water partition coefficient (Wildman–Crippen LogP) is 1.90. The topological polar surface area (TPSA) is 25.2 Å². The van der Waals surface area contributed by atoms with Crippen molar-refractivity contribution in [1.29, 1.82) is 0 Å². The van der Waals surface area contributed by atoms with E-state index in [1.807, 2.05) is 42.5 Å². The number of pyridine rings is 1. The number of thioether (sulfide) groups is 1. The predicted molar refractivity (Wildman–Crippen MR) is 47.9 cm³/mol. The molecule has 1 aliphatic heterocycles. The van der Waals surface area contributed by atoms with E-state index in [0.29, 0.717) is 5.37 Å². The van der Waals surface area contributed by atoms with Gasteiger partial charge in [-0.25, -0.2) is 0 Å². The van der Waals surface area contributed by atoms with E-state index in [1.54, 1.807) is 0 Å². The first-order valence-corrected chi connectivity index (χ1v) is 4.55. The van der Waals surface area contributed by atoms with Crippen LogP contribution >= 0.6 is 11.8 Å². The van der Waals surface area contributed by atoms with Gasteiger partial charge in [0.2, 0.25) is 0 Å². The van der Waals surface area contributed by atoms with Crippen molar-refractivity contribution in [2.45, 2.75) is 5.37 Å². The Bertz CT molecular complexity index is 258. The molecule has 1 aromatic rings. The van der Waals surface area contributed by atoms with Crippen LogP contribution in [0.15, 0.2) is 29.5 Å². The molecule has 0 N–H and O–H groups in total. The maximum Gasteiger partial charge on any atom is 0.120 e. The van der Waals surface area contributed by atoms with Crippen molar-refractivity contribution in [2.24, 2.45) is 4.99 Å². The van der Waals surface area contributed by atoms with Crippen LogP contribution in [-0.2, 0) is 0 Å². The Morgan fingerprint density at radius 1 is 1.36 bits per heavy atom. The smallest absolute Gasteiger partial charge is 0.120 e. The second kappa shape index (κ2) is 3.05. The fourth-order valence-electron chi connectivity index (χ4n) is 1.03. The molecule has 0 amide bonds. The summed E-state index contributed by atoms with van der Waals surface area (Å²) in [5.74, 6) is 1.03. The summed E-state index contributed by atoms with van der Waals surface area (Å²) in [6, 6.07) is 4.03. The van der Waals surface area contributed by atoms with Gasteiger partial charge in [-0.15, -0.1) is 11.8 Å².